The summed E-state index contributed by atoms with van der Waals surface area (Å²) >= 11 is 5.88. The molecular formula is C14H12BaF5I3O7S. The van der Waals surface area contributed by atoms with Crippen molar-refractivity contribution in [3.8, 4) is 0 Å². The maximum atomic E-state index is 13.3. The van der Waals surface area contributed by atoms with E-state index in [0.717, 1.165) is 7.14 Å². The van der Waals surface area contributed by atoms with Gasteiger partial charge in [0, 0.05) is 17.1 Å². The van der Waals surface area contributed by atoms with E-state index in [1.165, 1.54) is 6.07 Å². The quantitative estimate of drug-likeness (QED) is 0.0811. The Morgan fingerprint density at radius 1 is 1.10 bits per heavy atom. The summed E-state index contributed by atoms with van der Waals surface area (Å²) < 4.78 is 105. The molecule has 0 aliphatic heterocycles. The number of benzene rings is 1. The van der Waals surface area contributed by atoms with Gasteiger partial charge in [0.1, 0.15) is 0 Å². The molecule has 174 valence electrons. The molecule has 0 bridgehead atoms. The summed E-state index contributed by atoms with van der Waals surface area (Å²) in [6.07, 6.45) is -11.6. The van der Waals surface area contributed by atoms with Crippen LogP contribution in [-0.2, 0) is 24.4 Å². The zero-order valence-electron chi connectivity index (χ0n) is 14.2. The van der Waals surface area contributed by atoms with Crippen molar-refractivity contribution in [3.05, 3.63) is 28.4 Å². The van der Waals surface area contributed by atoms with Crippen LogP contribution < -0.4 is 0 Å². The molecule has 0 amide bonds. The molecule has 0 fully saturated rings. The van der Waals surface area contributed by atoms with E-state index < -0.39 is 52.6 Å². The van der Waals surface area contributed by atoms with Crippen LogP contribution in [0, 0.1) is 10.7 Å². The first kappa shape index (κ1) is 32.5. The first-order valence-corrected chi connectivity index (χ1v) is 12.1. The fraction of sp³-hybridized carbons (Fsp3) is 0.429. The first-order chi connectivity index (χ1) is 13.5. The van der Waals surface area contributed by atoms with Gasteiger partial charge in [-0.05, 0) is 86.3 Å². The third-order valence-corrected chi connectivity index (χ3v) is 7.74. The molecule has 1 aromatic rings. The standard InChI is InChI=1S/C14H10F5I3O7S.Ba.2H/c15-13(16,17)12(14(18,19)30(25,26)27)29-9(23)2-1-3-28-11(24)7-4-6(20)5-8(21)10(7)22;;;/h4-5,12H,1-3H2,(H,25,26,27);;;. The second-order valence-corrected chi connectivity index (χ2v) is 10.4. The van der Waals surface area contributed by atoms with Crippen LogP contribution in [0.2, 0.25) is 0 Å². The number of carbonyl (C=O) groups is 2. The van der Waals surface area contributed by atoms with Gasteiger partial charge in [-0.15, -0.1) is 0 Å². The summed E-state index contributed by atoms with van der Waals surface area (Å²) in [6.45, 7) is -0.447. The molecule has 1 aromatic carbocycles. The van der Waals surface area contributed by atoms with Gasteiger partial charge in [-0.2, -0.15) is 30.4 Å². The molecule has 0 aliphatic carbocycles. The molecule has 0 spiro atoms. The molecule has 0 heterocycles. The van der Waals surface area contributed by atoms with E-state index in [4.69, 9.17) is 9.29 Å². The van der Waals surface area contributed by atoms with Crippen molar-refractivity contribution in [1.82, 2.24) is 0 Å². The van der Waals surface area contributed by atoms with Gasteiger partial charge in [-0.1, -0.05) is 0 Å². The second kappa shape index (κ2) is 13.0. The van der Waals surface area contributed by atoms with E-state index in [1.807, 2.05) is 67.8 Å². The fourth-order valence-corrected chi connectivity index (χ4v) is 4.64. The third kappa shape index (κ3) is 9.57. The van der Waals surface area contributed by atoms with Gasteiger partial charge < -0.3 is 9.47 Å². The van der Waals surface area contributed by atoms with Gasteiger partial charge in [-0.3, -0.25) is 9.35 Å². The maximum absolute atomic E-state index is 13.3. The van der Waals surface area contributed by atoms with Gasteiger partial charge in [-0.25, -0.2) is 4.79 Å². The summed E-state index contributed by atoms with van der Waals surface area (Å²) in [4.78, 5) is 23.5. The van der Waals surface area contributed by atoms with Gasteiger partial charge in [0.15, 0.2) is 0 Å². The van der Waals surface area contributed by atoms with E-state index in [9.17, 15) is 40.0 Å². The van der Waals surface area contributed by atoms with Crippen LogP contribution in [0.25, 0.3) is 0 Å². The van der Waals surface area contributed by atoms with Crippen molar-refractivity contribution in [2.75, 3.05) is 6.61 Å². The second-order valence-electron chi connectivity index (χ2n) is 5.44. The Morgan fingerprint density at radius 3 is 2.13 bits per heavy atom. The Labute approximate surface area is 254 Å². The Morgan fingerprint density at radius 2 is 1.65 bits per heavy atom. The molecule has 31 heavy (non-hydrogen) atoms. The van der Waals surface area contributed by atoms with Gasteiger partial charge in [0.2, 0.25) is 0 Å². The molecule has 0 saturated heterocycles. The number of ether oxygens (including phenoxy) is 2. The molecule has 1 atom stereocenters. The number of rotatable bonds is 8. The summed E-state index contributed by atoms with van der Waals surface area (Å²) in [7, 11) is -6.51. The van der Waals surface area contributed by atoms with Crippen molar-refractivity contribution in [2.24, 2.45) is 0 Å². The minimum absolute atomic E-state index is 0. The molecule has 0 saturated carbocycles. The van der Waals surface area contributed by atoms with Crippen molar-refractivity contribution >= 4 is 139 Å². The van der Waals surface area contributed by atoms with E-state index >= 15 is 0 Å². The third-order valence-electron chi connectivity index (χ3n) is 3.17. The van der Waals surface area contributed by atoms with Gasteiger partial charge in [0.05, 0.1) is 12.2 Å². The van der Waals surface area contributed by atoms with Gasteiger partial charge in [0.25, 0.3) is 6.10 Å². The molecule has 17 heteroatoms. The topological polar surface area (TPSA) is 107 Å². The van der Waals surface area contributed by atoms with Crippen molar-refractivity contribution in [1.29, 1.82) is 0 Å². The number of hydrogen-bond acceptors (Lipinski definition) is 6. The van der Waals surface area contributed by atoms with Crippen molar-refractivity contribution in [2.45, 2.75) is 30.4 Å². The van der Waals surface area contributed by atoms with E-state index in [1.54, 1.807) is 6.07 Å². The zero-order chi connectivity index (χ0) is 23.5. The Kier molecular flexibility index (Phi) is 13.6. The Hall–Kier alpha value is 1.48. The minimum atomic E-state index is -6.51. The molecule has 1 unspecified atom stereocenters. The molecule has 0 radical (unpaired) electrons. The molecule has 7 nitrogen and oxygen atoms in total. The average Bonchev–Trinajstić information content (AvgIpc) is 2.57. The van der Waals surface area contributed by atoms with Crippen molar-refractivity contribution in [3.63, 3.8) is 0 Å². The summed E-state index contributed by atoms with van der Waals surface area (Å²) in [5.41, 5.74) is 0.222. The summed E-state index contributed by atoms with van der Waals surface area (Å²) in [5, 5.41) is -5.80. The normalized spacial score (nSPS) is 13.2. The first-order valence-electron chi connectivity index (χ1n) is 7.41. The van der Waals surface area contributed by atoms with Crippen LogP contribution in [0.4, 0.5) is 22.0 Å². The van der Waals surface area contributed by atoms with Crippen molar-refractivity contribution < 1.29 is 54.0 Å². The van der Waals surface area contributed by atoms with Crippen LogP contribution in [0.5, 0.6) is 0 Å². The summed E-state index contributed by atoms with van der Waals surface area (Å²) in [6, 6.07) is 3.33. The fourth-order valence-electron chi connectivity index (χ4n) is 1.82. The number of carbonyl (C=O) groups excluding carboxylic acids is 2. The monoisotopic (exact) mass is 938 g/mol. The number of hydrogen-bond donors (Lipinski definition) is 1. The van der Waals surface area contributed by atoms with Crippen LogP contribution in [0.3, 0.4) is 0 Å². The van der Waals surface area contributed by atoms with Crippen LogP contribution in [0.15, 0.2) is 12.1 Å². The SMILES string of the molecule is O=C(CCCOC(=O)c1cc(I)cc(I)c1I)OC(C(F)(F)F)C(F)(F)S(=O)(=O)O.[BaH2]. The Balaban J connectivity index is 0.00000900. The predicted molar refractivity (Wildman–Crippen MR) is 125 cm³/mol. The molecule has 1 N–H and O–H groups in total. The number of alkyl halides is 5. The molecular weight excluding hydrogens is 925 g/mol. The van der Waals surface area contributed by atoms with Crippen LogP contribution in [0.1, 0.15) is 23.2 Å². The number of halogens is 8. The molecule has 1 rings (SSSR count). The molecule has 0 aromatic heterocycles. The number of esters is 2. The van der Waals surface area contributed by atoms with E-state index in [0.29, 0.717) is 3.57 Å². The molecule has 0 aliphatic rings. The van der Waals surface area contributed by atoms with Crippen LogP contribution >= 0.6 is 67.8 Å². The van der Waals surface area contributed by atoms with Crippen LogP contribution in [-0.4, -0.2) is 97.9 Å². The van der Waals surface area contributed by atoms with Gasteiger partial charge >= 0.3 is 82.4 Å². The van der Waals surface area contributed by atoms with E-state index in [2.05, 4.69) is 4.74 Å². The summed E-state index contributed by atoms with van der Waals surface area (Å²) in [5.74, 6) is -2.59. The predicted octanol–water partition coefficient (Wildman–Crippen LogP) is 3.48. The average molecular weight is 937 g/mol. The zero-order valence-corrected chi connectivity index (χ0v) is 21.5. The van der Waals surface area contributed by atoms with E-state index in [-0.39, 0.29) is 60.9 Å². The Bertz CT molecular complexity index is 928.